The SMILES string of the molecule is Brc1ccc2c(c1)c1ccccc1n2-c1ccccc1.OB(O)c1ccc(-c2c3ccccc3c(-c3ccccc3)c3ccccc23)cc1.c1ccc(-c2c3ccccc3c(-c3ccc(-c4ccc5c(c4)c4ccccc4n5-c4ccccc4)cc3)c3ccccc23)cc1. The molecule has 0 amide bonds. The van der Waals surface area contributed by atoms with E-state index in [1.54, 1.807) is 12.1 Å². The highest BCUT2D eigenvalue weighted by Crippen LogP contribution is 2.46. The van der Waals surface area contributed by atoms with Crippen LogP contribution in [0.4, 0.5) is 0 Å². The van der Waals surface area contributed by atoms with Crippen molar-refractivity contribution in [3.8, 4) is 67.0 Å². The molecule has 2 heterocycles. The van der Waals surface area contributed by atoms with Crippen LogP contribution in [0.1, 0.15) is 0 Å². The highest BCUT2D eigenvalue weighted by atomic mass is 79.9. The first-order valence-corrected chi connectivity index (χ1v) is 32.6. The number of fused-ring (bicyclic) bond motifs is 10. The van der Waals surface area contributed by atoms with Gasteiger partial charge in [0.2, 0.25) is 0 Å². The Bertz CT molecular complexity index is 5700. The lowest BCUT2D eigenvalue weighted by atomic mass is 9.79. The van der Waals surface area contributed by atoms with Gasteiger partial charge in [-0.15, -0.1) is 0 Å². The molecule has 4 nitrogen and oxygen atoms in total. The van der Waals surface area contributed by atoms with Gasteiger partial charge in [0.25, 0.3) is 0 Å². The molecule has 0 aliphatic heterocycles. The number of para-hydroxylation sites is 4. The maximum atomic E-state index is 9.45. The van der Waals surface area contributed by atoms with Gasteiger partial charge in [0.05, 0.1) is 22.1 Å². The molecule has 444 valence electrons. The van der Waals surface area contributed by atoms with Crippen LogP contribution in [0.2, 0.25) is 0 Å². The zero-order chi connectivity index (χ0) is 63.1. The minimum absolute atomic E-state index is 0.489. The van der Waals surface area contributed by atoms with Gasteiger partial charge in [-0.3, -0.25) is 0 Å². The fourth-order valence-electron chi connectivity index (χ4n) is 14.2. The predicted molar refractivity (Wildman–Crippen MR) is 403 cm³/mol. The zero-order valence-electron chi connectivity index (χ0n) is 51.2. The molecule has 0 saturated carbocycles. The van der Waals surface area contributed by atoms with E-state index in [1.165, 1.54) is 143 Å². The minimum Gasteiger partial charge on any atom is -0.423 e. The molecule has 18 rings (SSSR count). The third kappa shape index (κ3) is 10.5. The van der Waals surface area contributed by atoms with E-state index in [2.05, 4.69) is 341 Å². The van der Waals surface area contributed by atoms with Crippen LogP contribution < -0.4 is 5.46 Å². The summed E-state index contributed by atoms with van der Waals surface area (Å²) in [7, 11) is -1.46. The van der Waals surface area contributed by atoms with Gasteiger partial charge in [0, 0.05) is 37.4 Å². The smallest absolute Gasteiger partial charge is 0.423 e. The van der Waals surface area contributed by atoms with Crippen LogP contribution in [0.25, 0.3) is 154 Å². The summed E-state index contributed by atoms with van der Waals surface area (Å²) in [4.78, 5) is 0. The van der Waals surface area contributed by atoms with Crippen molar-refractivity contribution in [2.24, 2.45) is 0 Å². The Labute approximate surface area is 554 Å². The van der Waals surface area contributed by atoms with Crippen molar-refractivity contribution in [3.05, 3.63) is 356 Å². The third-order valence-corrected chi connectivity index (χ3v) is 18.8. The monoisotopic (exact) mass is 1270 g/mol. The number of halogens is 1. The van der Waals surface area contributed by atoms with E-state index >= 15 is 0 Å². The highest BCUT2D eigenvalue weighted by molar-refractivity contribution is 9.10. The topological polar surface area (TPSA) is 50.3 Å². The van der Waals surface area contributed by atoms with Crippen molar-refractivity contribution >= 4 is 115 Å². The van der Waals surface area contributed by atoms with E-state index in [-0.39, 0.29) is 0 Å². The van der Waals surface area contributed by atoms with Crippen LogP contribution in [0.15, 0.2) is 356 Å². The minimum atomic E-state index is -1.46. The Morgan fingerprint density at radius 2 is 0.479 bits per heavy atom. The average Bonchev–Trinajstić information content (AvgIpc) is 0.935. The first-order chi connectivity index (χ1) is 46.4. The van der Waals surface area contributed by atoms with Gasteiger partial charge in [0.15, 0.2) is 0 Å². The molecule has 0 aliphatic rings. The second-order valence-electron chi connectivity index (χ2n) is 23.8. The Morgan fingerprint density at radius 1 is 0.213 bits per heavy atom. The average molecular weight is 1270 g/mol. The summed E-state index contributed by atoms with van der Waals surface area (Å²) < 4.78 is 5.80. The molecule has 16 aromatic carbocycles. The summed E-state index contributed by atoms with van der Waals surface area (Å²) >= 11 is 3.57. The van der Waals surface area contributed by atoms with Crippen molar-refractivity contribution < 1.29 is 10.0 Å². The van der Waals surface area contributed by atoms with Crippen LogP contribution >= 0.6 is 15.9 Å². The molecule has 0 saturated heterocycles. The van der Waals surface area contributed by atoms with E-state index in [1.807, 2.05) is 24.3 Å². The molecular formula is C88H60BBrN2O2. The molecule has 2 aromatic heterocycles. The van der Waals surface area contributed by atoms with Crippen molar-refractivity contribution in [1.29, 1.82) is 0 Å². The second kappa shape index (κ2) is 25.0. The summed E-state index contributed by atoms with van der Waals surface area (Å²) in [6, 6.07) is 124. The van der Waals surface area contributed by atoms with Gasteiger partial charge in [-0.2, -0.15) is 0 Å². The number of aromatic nitrogens is 2. The molecular weight excluding hydrogens is 1210 g/mol. The second-order valence-corrected chi connectivity index (χ2v) is 24.7. The van der Waals surface area contributed by atoms with Gasteiger partial charge in [-0.1, -0.05) is 301 Å². The fourth-order valence-corrected chi connectivity index (χ4v) is 14.5. The van der Waals surface area contributed by atoms with E-state index in [4.69, 9.17) is 0 Å². The van der Waals surface area contributed by atoms with Crippen molar-refractivity contribution in [2.45, 2.75) is 0 Å². The van der Waals surface area contributed by atoms with Crippen LogP contribution in [0.5, 0.6) is 0 Å². The summed E-state index contributed by atoms with van der Waals surface area (Å²) in [5.74, 6) is 0. The van der Waals surface area contributed by atoms with E-state index in [0.717, 1.165) is 15.6 Å². The number of benzene rings is 16. The van der Waals surface area contributed by atoms with Crippen molar-refractivity contribution in [2.75, 3.05) is 0 Å². The standard InChI is InChI=1S/C44H29N.C26H19BO2.C18H12BrN/c1-3-13-31(14-4-1)43-36-18-7-9-20-38(36)44(39-21-10-8-19-37(39)43)32-25-23-30(24-26-32)33-27-28-42-40(29-33)35-17-11-12-22-41(35)45(42)34-15-5-2-6-16-34;28-27(29)20-16-14-19(15-17-20)26-23-12-6-4-10-21(23)25(18-8-2-1-3-9-18)22-11-5-7-13-24(22)26;19-13-10-11-18-16(12-13)15-8-4-5-9-17(15)20(18)14-6-2-1-3-7-14/h1-29H;1-17,28-29H;1-12H. The van der Waals surface area contributed by atoms with Gasteiger partial charge >= 0.3 is 7.12 Å². The van der Waals surface area contributed by atoms with E-state index in [0.29, 0.717) is 5.46 Å². The highest BCUT2D eigenvalue weighted by Gasteiger charge is 2.21. The molecule has 0 atom stereocenters. The summed E-state index contributed by atoms with van der Waals surface area (Å²) in [5, 5.41) is 33.9. The molecule has 0 bridgehead atoms. The molecule has 0 aliphatic carbocycles. The summed E-state index contributed by atoms with van der Waals surface area (Å²) in [5.41, 5.74) is 19.9. The molecule has 0 radical (unpaired) electrons. The van der Waals surface area contributed by atoms with Crippen molar-refractivity contribution in [1.82, 2.24) is 9.13 Å². The van der Waals surface area contributed by atoms with E-state index < -0.39 is 7.12 Å². The molecule has 6 heteroatoms. The summed E-state index contributed by atoms with van der Waals surface area (Å²) in [6.07, 6.45) is 0. The van der Waals surface area contributed by atoms with Crippen LogP contribution in [0, 0.1) is 0 Å². The fraction of sp³-hybridized carbons (Fsp3) is 0. The van der Waals surface area contributed by atoms with Crippen LogP contribution in [-0.2, 0) is 0 Å². The predicted octanol–water partition coefficient (Wildman–Crippen LogP) is 22.6. The Kier molecular flexibility index (Phi) is 15.4. The molecule has 18 aromatic rings. The quantitative estimate of drug-likeness (QED) is 0.118. The maximum absolute atomic E-state index is 9.45. The third-order valence-electron chi connectivity index (χ3n) is 18.3. The zero-order valence-corrected chi connectivity index (χ0v) is 52.8. The lowest BCUT2D eigenvalue weighted by Gasteiger charge is -2.18. The van der Waals surface area contributed by atoms with Crippen LogP contribution in [-0.4, -0.2) is 26.3 Å². The number of rotatable bonds is 8. The molecule has 0 unspecified atom stereocenters. The van der Waals surface area contributed by atoms with Gasteiger partial charge in [-0.25, -0.2) is 0 Å². The first kappa shape index (κ1) is 57.8. The molecule has 2 N–H and O–H groups in total. The van der Waals surface area contributed by atoms with Gasteiger partial charge in [0.1, 0.15) is 0 Å². The van der Waals surface area contributed by atoms with E-state index in [9.17, 15) is 10.0 Å². The Morgan fingerprint density at radius 3 is 0.851 bits per heavy atom. The van der Waals surface area contributed by atoms with Crippen LogP contribution in [0.3, 0.4) is 0 Å². The molecule has 94 heavy (non-hydrogen) atoms. The largest absolute Gasteiger partial charge is 0.488 e. The number of hydrogen-bond donors (Lipinski definition) is 2. The normalized spacial score (nSPS) is 11.4. The molecule has 0 spiro atoms. The summed E-state index contributed by atoms with van der Waals surface area (Å²) in [6.45, 7) is 0. The number of nitrogens with zero attached hydrogens (tertiary/aromatic N) is 2. The lowest BCUT2D eigenvalue weighted by Crippen LogP contribution is -2.29. The number of hydrogen-bond acceptors (Lipinski definition) is 2. The lowest BCUT2D eigenvalue weighted by molar-refractivity contribution is 0.426. The molecule has 0 fully saturated rings. The van der Waals surface area contributed by atoms with Crippen molar-refractivity contribution in [3.63, 3.8) is 0 Å². The van der Waals surface area contributed by atoms with Gasteiger partial charge in [-0.05, 0) is 171 Å². The Hall–Kier alpha value is -11.4. The first-order valence-electron chi connectivity index (χ1n) is 31.8. The van der Waals surface area contributed by atoms with Gasteiger partial charge < -0.3 is 19.2 Å². The Balaban J connectivity index is 0.000000122. The maximum Gasteiger partial charge on any atom is 0.488 e.